The van der Waals surface area contributed by atoms with Crippen LogP contribution in [0.5, 0.6) is 11.5 Å². The van der Waals surface area contributed by atoms with Crippen molar-refractivity contribution in [1.82, 2.24) is 10.2 Å². The van der Waals surface area contributed by atoms with Crippen LogP contribution in [0.15, 0.2) is 72.8 Å². The average molecular weight is 576 g/mol. The highest BCUT2D eigenvalue weighted by Crippen LogP contribution is 2.33. The highest BCUT2D eigenvalue weighted by atomic mass is 16.6. The van der Waals surface area contributed by atoms with Gasteiger partial charge in [0.2, 0.25) is 11.7 Å². The van der Waals surface area contributed by atoms with Crippen LogP contribution in [0.1, 0.15) is 37.5 Å². The van der Waals surface area contributed by atoms with E-state index in [1.807, 2.05) is 30.3 Å². The molecule has 2 aliphatic heterocycles. The number of nitro benzene ring substituents is 1. The van der Waals surface area contributed by atoms with Gasteiger partial charge in [-0.3, -0.25) is 19.8 Å². The normalized spacial score (nSPS) is 16.8. The van der Waals surface area contributed by atoms with E-state index in [2.05, 4.69) is 5.32 Å². The van der Waals surface area contributed by atoms with Crippen LogP contribution >= 0.6 is 0 Å². The molecule has 1 N–H and O–H groups in total. The van der Waals surface area contributed by atoms with Gasteiger partial charge in [0.25, 0.3) is 0 Å². The highest BCUT2D eigenvalue weighted by Gasteiger charge is 2.36. The summed E-state index contributed by atoms with van der Waals surface area (Å²) in [5, 5.41) is 14.4. The molecule has 4 bridgehead atoms. The van der Waals surface area contributed by atoms with E-state index < -0.39 is 40.6 Å². The maximum absolute atomic E-state index is 14.0. The summed E-state index contributed by atoms with van der Waals surface area (Å²) >= 11 is 0. The van der Waals surface area contributed by atoms with Gasteiger partial charge in [0.15, 0.2) is 0 Å². The lowest BCUT2D eigenvalue weighted by atomic mass is 10.0. The van der Waals surface area contributed by atoms with Gasteiger partial charge in [0.1, 0.15) is 23.4 Å². The largest absolute Gasteiger partial charge is 0.467 e. The number of rotatable bonds is 5. The minimum absolute atomic E-state index is 0.00547. The van der Waals surface area contributed by atoms with Gasteiger partial charge in [-0.2, -0.15) is 0 Å². The average Bonchev–Trinajstić information content (AvgIpc) is 2.94. The van der Waals surface area contributed by atoms with Crippen molar-refractivity contribution in [1.29, 1.82) is 0 Å². The Kier molecular flexibility index (Phi) is 9.09. The van der Waals surface area contributed by atoms with Gasteiger partial charge in [-0.25, -0.2) is 9.59 Å². The third-order valence-corrected chi connectivity index (χ3v) is 6.55. The van der Waals surface area contributed by atoms with Crippen molar-refractivity contribution >= 4 is 23.7 Å². The molecule has 0 radical (unpaired) electrons. The summed E-state index contributed by atoms with van der Waals surface area (Å²) < 4.78 is 16.5. The van der Waals surface area contributed by atoms with E-state index in [9.17, 15) is 24.5 Å². The zero-order valence-electron chi connectivity index (χ0n) is 23.9. The highest BCUT2D eigenvalue weighted by molar-refractivity contribution is 5.90. The number of benzene rings is 3. The first kappa shape index (κ1) is 30.0. The zero-order valence-corrected chi connectivity index (χ0v) is 23.9. The van der Waals surface area contributed by atoms with E-state index >= 15 is 0 Å². The lowest BCUT2D eigenvalue weighted by Crippen LogP contribution is -2.55. The minimum atomic E-state index is -1.15. The van der Waals surface area contributed by atoms with Crippen LogP contribution < -0.4 is 10.1 Å². The molecule has 2 amide bonds. The second-order valence-electron chi connectivity index (χ2n) is 10.9. The fourth-order valence-electron chi connectivity index (χ4n) is 4.55. The Bertz CT molecular complexity index is 1450. The second-order valence-corrected chi connectivity index (χ2v) is 10.9. The topological polar surface area (TPSA) is 137 Å². The fraction of sp³-hybridized carbons (Fsp3) is 0.323. The third-order valence-electron chi connectivity index (χ3n) is 6.55. The van der Waals surface area contributed by atoms with Gasteiger partial charge in [0, 0.05) is 25.5 Å². The van der Waals surface area contributed by atoms with Gasteiger partial charge in [0.05, 0.1) is 12.0 Å². The quantitative estimate of drug-likeness (QED) is 0.256. The van der Waals surface area contributed by atoms with Gasteiger partial charge >= 0.3 is 17.7 Å². The molecule has 0 spiro atoms. The molecular formula is C31H33N3O8. The Hall–Kier alpha value is -4.93. The molecule has 3 aromatic rings. The first-order chi connectivity index (χ1) is 19.9. The Labute approximate surface area is 243 Å². The predicted molar refractivity (Wildman–Crippen MR) is 153 cm³/mol. The summed E-state index contributed by atoms with van der Waals surface area (Å²) in [6, 6.07) is 17.9. The monoisotopic (exact) mass is 575 g/mol. The minimum Gasteiger partial charge on any atom is -0.467 e. The van der Waals surface area contributed by atoms with Crippen molar-refractivity contribution < 1.29 is 33.5 Å². The molecule has 11 nitrogen and oxygen atoms in total. The molecule has 0 aliphatic carbocycles. The molecule has 0 unspecified atom stereocenters. The molecule has 0 fully saturated rings. The van der Waals surface area contributed by atoms with Crippen molar-refractivity contribution in [2.24, 2.45) is 0 Å². The van der Waals surface area contributed by atoms with Gasteiger partial charge in [-0.1, -0.05) is 48.5 Å². The Morgan fingerprint density at radius 2 is 1.69 bits per heavy atom. The first-order valence-corrected chi connectivity index (χ1v) is 13.4. The molecular weight excluding hydrogens is 542 g/mol. The standard InChI is InChI=1S/C31H33N3O8/c1-31(2,3)42-30(37)33(19-21-8-6-5-7-9-21)26-17-20-10-13-23(14-11-20)41-27-18-22(12-15-25(27)34(38)39)16-24(29(36)40-4)32-28(26)35/h5-15,18,24,26H,16-17,19H2,1-4H3,(H,32,35)/t24-,26-/m0/s1. The van der Waals surface area contributed by atoms with Gasteiger partial charge in [-0.15, -0.1) is 0 Å². The summed E-state index contributed by atoms with van der Waals surface area (Å²) in [6.07, 6.45) is -0.651. The number of carbonyl (C=O) groups is 3. The lowest BCUT2D eigenvalue weighted by Gasteiger charge is -2.34. The number of nitro groups is 1. The number of fused-ring (bicyclic) bond motifs is 7. The zero-order chi connectivity index (χ0) is 30.4. The Morgan fingerprint density at radius 3 is 2.31 bits per heavy atom. The number of ether oxygens (including phenoxy) is 3. The number of esters is 1. The first-order valence-electron chi connectivity index (χ1n) is 13.4. The lowest BCUT2D eigenvalue weighted by molar-refractivity contribution is -0.385. The molecule has 42 heavy (non-hydrogen) atoms. The maximum atomic E-state index is 14.0. The molecule has 220 valence electrons. The van der Waals surface area contributed by atoms with Crippen LogP contribution in [0, 0.1) is 10.1 Å². The van der Waals surface area contributed by atoms with Crippen LogP contribution in [0.25, 0.3) is 0 Å². The van der Waals surface area contributed by atoms with Crippen LogP contribution in [-0.2, 0) is 38.4 Å². The van der Waals surface area contributed by atoms with Crippen molar-refractivity contribution in [3.8, 4) is 11.5 Å². The molecule has 0 saturated heterocycles. The fourth-order valence-corrected chi connectivity index (χ4v) is 4.55. The van der Waals surface area contributed by atoms with Crippen molar-refractivity contribution in [2.45, 2.75) is 57.8 Å². The van der Waals surface area contributed by atoms with Crippen molar-refractivity contribution in [3.05, 3.63) is 99.6 Å². The summed E-state index contributed by atoms with van der Waals surface area (Å²) in [6.45, 7) is 5.29. The van der Waals surface area contributed by atoms with Crippen LogP contribution in [-0.4, -0.2) is 52.6 Å². The second kappa shape index (κ2) is 12.7. The smallest absolute Gasteiger partial charge is 0.411 e. The molecule has 0 aromatic heterocycles. The predicted octanol–water partition coefficient (Wildman–Crippen LogP) is 4.95. The number of hydrogen-bond donors (Lipinski definition) is 1. The van der Waals surface area contributed by atoms with Gasteiger partial charge in [-0.05, 0) is 55.7 Å². The number of methoxy groups -OCH3 is 1. The van der Waals surface area contributed by atoms with Crippen molar-refractivity contribution in [2.75, 3.05) is 7.11 Å². The molecule has 11 heteroatoms. The van der Waals surface area contributed by atoms with Crippen molar-refractivity contribution in [3.63, 3.8) is 0 Å². The van der Waals surface area contributed by atoms with E-state index in [-0.39, 0.29) is 30.8 Å². The number of nitrogens with one attached hydrogen (secondary N) is 1. The molecule has 2 heterocycles. The summed E-state index contributed by atoms with van der Waals surface area (Å²) in [5.74, 6) is -0.971. The molecule has 2 atom stereocenters. The van der Waals surface area contributed by atoms with Gasteiger partial charge < -0.3 is 19.5 Å². The molecule has 2 aliphatic rings. The number of hydrogen-bond acceptors (Lipinski definition) is 8. The number of nitrogens with zero attached hydrogens (tertiary/aromatic N) is 2. The number of carbonyl (C=O) groups excluding carboxylic acids is 3. The van der Waals surface area contributed by atoms with E-state index in [4.69, 9.17) is 14.2 Å². The van der Waals surface area contributed by atoms with Crippen LogP contribution in [0.2, 0.25) is 0 Å². The maximum Gasteiger partial charge on any atom is 0.411 e. The summed E-state index contributed by atoms with van der Waals surface area (Å²) in [5.41, 5.74) is 0.874. The Balaban J connectivity index is 1.80. The Morgan fingerprint density at radius 1 is 1.02 bits per heavy atom. The number of amides is 2. The van der Waals surface area contributed by atoms with Crippen LogP contribution in [0.4, 0.5) is 10.5 Å². The molecule has 5 rings (SSSR count). The van der Waals surface area contributed by atoms with E-state index in [0.717, 1.165) is 5.56 Å². The van der Waals surface area contributed by atoms with E-state index in [1.165, 1.54) is 30.2 Å². The van der Waals surface area contributed by atoms with E-state index in [0.29, 0.717) is 16.9 Å². The van der Waals surface area contributed by atoms with Crippen LogP contribution in [0.3, 0.4) is 0 Å². The summed E-state index contributed by atoms with van der Waals surface area (Å²) in [7, 11) is 1.20. The molecule has 3 aromatic carbocycles. The third kappa shape index (κ3) is 7.62. The molecule has 0 saturated carbocycles. The summed E-state index contributed by atoms with van der Waals surface area (Å²) in [4.78, 5) is 52.8. The van der Waals surface area contributed by atoms with E-state index in [1.54, 1.807) is 45.0 Å². The SMILES string of the molecule is COC(=O)[C@@H]1Cc2ccc([N+](=O)[O-])c(c2)Oc2ccc(cc2)C[C@H](N(Cc2ccccc2)C(=O)OC(C)(C)C)C(=O)N1.